The molecule has 1 aliphatic heterocycles. The summed E-state index contributed by atoms with van der Waals surface area (Å²) in [5.74, 6) is 2.63. The van der Waals surface area contributed by atoms with Crippen LogP contribution in [0.2, 0.25) is 0 Å². The number of benzene rings is 1. The number of halogens is 1. The fraction of sp³-hybridized carbons (Fsp3) is 0.438. The van der Waals surface area contributed by atoms with Crippen LogP contribution in [-0.2, 0) is 0 Å². The maximum absolute atomic E-state index is 13.2. The third-order valence-corrected chi connectivity index (χ3v) is 3.99. The van der Waals surface area contributed by atoms with E-state index < -0.39 is 0 Å². The summed E-state index contributed by atoms with van der Waals surface area (Å²) in [6, 6.07) is 7.05. The number of aromatic amines is 1. The summed E-state index contributed by atoms with van der Waals surface area (Å²) in [5.41, 5.74) is 0.887. The molecule has 0 amide bonds. The van der Waals surface area contributed by atoms with E-state index in [1.807, 2.05) is 6.07 Å². The Bertz CT molecular complexity index is 553. The Labute approximate surface area is 113 Å². The van der Waals surface area contributed by atoms with Gasteiger partial charge in [0.25, 0.3) is 0 Å². The van der Waals surface area contributed by atoms with Crippen molar-refractivity contribution in [2.45, 2.75) is 32.6 Å². The molecular weight excluding hydrogens is 239 g/mol. The molecule has 1 N–H and O–H groups in total. The molecule has 0 unspecified atom stereocenters. The highest BCUT2D eigenvalue weighted by Gasteiger charge is 2.20. The molecule has 2 heterocycles. The lowest BCUT2D eigenvalue weighted by Crippen LogP contribution is -2.33. The maximum Gasteiger partial charge on any atom is 0.125 e. The van der Waals surface area contributed by atoms with Crippen molar-refractivity contribution < 1.29 is 4.39 Å². The van der Waals surface area contributed by atoms with Gasteiger partial charge in [-0.1, -0.05) is 13.3 Å². The third kappa shape index (κ3) is 2.60. The van der Waals surface area contributed by atoms with Crippen molar-refractivity contribution in [2.75, 3.05) is 18.0 Å². The highest BCUT2D eigenvalue weighted by molar-refractivity contribution is 5.84. The van der Waals surface area contributed by atoms with Crippen LogP contribution in [0.5, 0.6) is 0 Å². The number of nitrogens with one attached hydrogen (secondary N) is 1. The highest BCUT2D eigenvalue weighted by Crippen LogP contribution is 2.29. The Morgan fingerprint density at radius 3 is 2.74 bits per heavy atom. The molecule has 1 saturated heterocycles. The van der Waals surface area contributed by atoms with E-state index in [0.717, 1.165) is 29.8 Å². The largest absolute Gasteiger partial charge is 0.358 e. The monoisotopic (exact) mass is 259 g/mol. The summed E-state index contributed by atoms with van der Waals surface area (Å²) >= 11 is 0. The fourth-order valence-electron chi connectivity index (χ4n) is 2.92. The van der Waals surface area contributed by atoms with Crippen LogP contribution in [0.1, 0.15) is 32.6 Å². The zero-order valence-electron chi connectivity index (χ0n) is 11.4. The lowest BCUT2D eigenvalue weighted by molar-refractivity contribution is 0.562. The van der Waals surface area contributed by atoms with Gasteiger partial charge in [0, 0.05) is 24.0 Å². The molecule has 0 spiro atoms. The van der Waals surface area contributed by atoms with Gasteiger partial charge < -0.3 is 9.88 Å². The number of fused-ring (bicyclic) bond motifs is 1. The van der Waals surface area contributed by atoms with Crippen molar-refractivity contribution in [1.29, 1.82) is 0 Å². The quantitative estimate of drug-likeness (QED) is 0.871. The number of aromatic nitrogens is 1. The fourth-order valence-corrected chi connectivity index (χ4v) is 2.92. The Morgan fingerprint density at radius 1 is 1.21 bits per heavy atom. The molecule has 0 atom stereocenters. The zero-order valence-corrected chi connectivity index (χ0v) is 11.4. The molecule has 0 saturated carbocycles. The van der Waals surface area contributed by atoms with Crippen LogP contribution in [-0.4, -0.2) is 18.1 Å². The molecule has 2 nitrogen and oxygen atoms in total. The average Bonchev–Trinajstić information content (AvgIpc) is 2.83. The first-order valence-electron chi connectivity index (χ1n) is 7.13. The maximum atomic E-state index is 13.2. The first-order valence-corrected chi connectivity index (χ1v) is 7.13. The second-order valence-electron chi connectivity index (χ2n) is 5.37. The molecule has 0 bridgehead atoms. The Balaban J connectivity index is 1.74. The topological polar surface area (TPSA) is 19.0 Å². The molecule has 19 heavy (non-hydrogen) atoms. The van der Waals surface area contributed by atoms with Crippen molar-refractivity contribution in [3.05, 3.63) is 36.0 Å². The Morgan fingerprint density at radius 2 is 2.00 bits per heavy atom. The predicted octanol–water partition coefficient (Wildman–Crippen LogP) is 4.28. The number of rotatable bonds is 3. The molecule has 1 aliphatic rings. The van der Waals surface area contributed by atoms with Gasteiger partial charge in [-0.2, -0.15) is 0 Å². The number of piperidine rings is 1. The minimum Gasteiger partial charge on any atom is -0.358 e. The summed E-state index contributed by atoms with van der Waals surface area (Å²) < 4.78 is 13.2. The first-order chi connectivity index (χ1) is 9.26. The van der Waals surface area contributed by atoms with E-state index in [2.05, 4.69) is 22.9 Å². The summed E-state index contributed by atoms with van der Waals surface area (Å²) in [6.07, 6.45) is 4.90. The van der Waals surface area contributed by atoms with Crippen LogP contribution in [0.25, 0.3) is 10.9 Å². The molecule has 3 heteroatoms. The molecule has 0 aliphatic carbocycles. The average molecular weight is 259 g/mol. The smallest absolute Gasteiger partial charge is 0.125 e. The molecule has 2 aromatic rings. The van der Waals surface area contributed by atoms with Crippen molar-refractivity contribution in [2.24, 2.45) is 0 Å². The van der Waals surface area contributed by atoms with Crippen molar-refractivity contribution in [3.63, 3.8) is 0 Å². The van der Waals surface area contributed by atoms with Crippen molar-refractivity contribution in [1.82, 2.24) is 4.98 Å². The second kappa shape index (κ2) is 5.24. The van der Waals surface area contributed by atoms with E-state index >= 15 is 0 Å². The zero-order chi connectivity index (χ0) is 13.2. The standard InChI is InChI=1S/C16H20FN2/c1-2-3-12-6-8-19(9-7-12)16-10-13-4-5-14(17)11-15(13)18-16/h4-5,10-11,18H,2-3,6-9H2,1H3. The SMILES string of the molecule is CCC[C]1CCN(c2cc3ccc(F)cc3[nH]2)CC1. The van der Waals surface area contributed by atoms with Crippen molar-refractivity contribution in [3.8, 4) is 0 Å². The lowest BCUT2D eigenvalue weighted by atomic mass is 9.92. The summed E-state index contributed by atoms with van der Waals surface area (Å²) in [6.45, 7) is 4.39. The normalized spacial score (nSPS) is 17.3. The number of nitrogens with zero attached hydrogens (tertiary/aromatic N) is 1. The van der Waals surface area contributed by atoms with Gasteiger partial charge in [0.15, 0.2) is 0 Å². The van der Waals surface area contributed by atoms with Crippen LogP contribution in [0.4, 0.5) is 10.2 Å². The molecule has 1 aromatic carbocycles. The summed E-state index contributed by atoms with van der Waals surface area (Å²) in [5, 5.41) is 1.08. The minimum atomic E-state index is -0.182. The molecular formula is C16H20FN2. The van der Waals surface area contributed by atoms with Gasteiger partial charge in [-0.15, -0.1) is 0 Å². The lowest BCUT2D eigenvalue weighted by Gasteiger charge is -2.32. The Hall–Kier alpha value is -1.51. The van der Waals surface area contributed by atoms with Crippen LogP contribution in [0.3, 0.4) is 0 Å². The number of hydrogen-bond donors (Lipinski definition) is 1. The number of anilines is 1. The highest BCUT2D eigenvalue weighted by atomic mass is 19.1. The summed E-state index contributed by atoms with van der Waals surface area (Å²) in [7, 11) is 0. The molecule has 1 aromatic heterocycles. The molecule has 3 rings (SSSR count). The van der Waals surface area contributed by atoms with Crippen molar-refractivity contribution >= 4 is 16.7 Å². The van der Waals surface area contributed by atoms with Gasteiger partial charge in [0.2, 0.25) is 0 Å². The van der Waals surface area contributed by atoms with E-state index in [0.29, 0.717) is 0 Å². The second-order valence-corrected chi connectivity index (χ2v) is 5.37. The van der Waals surface area contributed by atoms with Crippen LogP contribution < -0.4 is 4.90 Å². The van der Waals surface area contributed by atoms with Gasteiger partial charge in [0.1, 0.15) is 11.6 Å². The van der Waals surface area contributed by atoms with Crippen LogP contribution in [0, 0.1) is 11.7 Å². The third-order valence-electron chi connectivity index (χ3n) is 3.99. The Kier molecular flexibility index (Phi) is 3.45. The molecule has 1 fully saturated rings. The van der Waals surface area contributed by atoms with Crippen LogP contribution in [0.15, 0.2) is 24.3 Å². The first kappa shape index (κ1) is 12.5. The van der Waals surface area contributed by atoms with E-state index in [1.165, 1.54) is 31.7 Å². The molecule has 101 valence electrons. The number of H-pyrrole nitrogens is 1. The van der Waals surface area contributed by atoms with E-state index in [9.17, 15) is 4.39 Å². The van der Waals surface area contributed by atoms with Gasteiger partial charge in [-0.3, -0.25) is 0 Å². The minimum absolute atomic E-state index is 0.182. The van der Waals surface area contributed by atoms with Crippen LogP contribution >= 0.6 is 0 Å². The molecule has 1 radical (unpaired) electrons. The van der Waals surface area contributed by atoms with E-state index in [1.54, 1.807) is 12.0 Å². The number of hydrogen-bond acceptors (Lipinski definition) is 1. The van der Waals surface area contributed by atoms with Gasteiger partial charge in [-0.25, -0.2) is 4.39 Å². The predicted molar refractivity (Wildman–Crippen MR) is 77.9 cm³/mol. The summed E-state index contributed by atoms with van der Waals surface area (Å²) in [4.78, 5) is 5.70. The van der Waals surface area contributed by atoms with Gasteiger partial charge in [-0.05, 0) is 49.4 Å². The van der Waals surface area contributed by atoms with Gasteiger partial charge in [0.05, 0.1) is 0 Å². The van der Waals surface area contributed by atoms with E-state index in [4.69, 9.17) is 0 Å². The van der Waals surface area contributed by atoms with Gasteiger partial charge >= 0.3 is 0 Å². The van der Waals surface area contributed by atoms with E-state index in [-0.39, 0.29) is 5.82 Å².